The lowest BCUT2D eigenvalue weighted by atomic mass is 10.1. The zero-order valence-corrected chi connectivity index (χ0v) is 17.2. The van der Waals surface area contributed by atoms with Gasteiger partial charge in [-0.1, -0.05) is 29.8 Å². The van der Waals surface area contributed by atoms with Gasteiger partial charge < -0.3 is 14.5 Å². The quantitative estimate of drug-likeness (QED) is 0.502. The van der Waals surface area contributed by atoms with Gasteiger partial charge in [-0.15, -0.1) is 0 Å². The zero-order chi connectivity index (χ0) is 22.4. The predicted molar refractivity (Wildman–Crippen MR) is 112 cm³/mol. The SMILES string of the molecule is O=C(/C=C/c1cccc(C(F)(F)F)c1)OCC(=O)N1CCN(c2cccc(Cl)c2)CC1. The van der Waals surface area contributed by atoms with Gasteiger partial charge in [-0.3, -0.25) is 4.79 Å². The van der Waals surface area contributed by atoms with Crippen molar-refractivity contribution in [2.24, 2.45) is 0 Å². The molecule has 1 saturated heterocycles. The molecule has 0 aromatic heterocycles. The van der Waals surface area contributed by atoms with E-state index in [4.69, 9.17) is 16.3 Å². The first-order valence-corrected chi connectivity index (χ1v) is 9.90. The van der Waals surface area contributed by atoms with Crippen molar-refractivity contribution >= 4 is 35.2 Å². The number of piperazine rings is 1. The molecule has 0 spiro atoms. The van der Waals surface area contributed by atoms with Gasteiger partial charge >= 0.3 is 12.1 Å². The summed E-state index contributed by atoms with van der Waals surface area (Å²) in [6.45, 7) is 1.76. The van der Waals surface area contributed by atoms with Gasteiger partial charge in [-0.2, -0.15) is 13.2 Å². The second kappa shape index (κ2) is 9.87. The van der Waals surface area contributed by atoms with Crippen LogP contribution in [-0.4, -0.2) is 49.6 Å². The fraction of sp³-hybridized carbons (Fsp3) is 0.273. The van der Waals surface area contributed by atoms with Gasteiger partial charge in [0.25, 0.3) is 5.91 Å². The molecule has 9 heteroatoms. The minimum Gasteiger partial charge on any atom is -0.452 e. The third kappa shape index (κ3) is 6.49. The first kappa shape index (κ1) is 22.7. The Labute approximate surface area is 182 Å². The summed E-state index contributed by atoms with van der Waals surface area (Å²) in [7, 11) is 0. The van der Waals surface area contributed by atoms with Crippen LogP contribution in [0, 0.1) is 0 Å². The number of ether oxygens (including phenoxy) is 1. The lowest BCUT2D eigenvalue weighted by Gasteiger charge is -2.36. The van der Waals surface area contributed by atoms with E-state index in [1.54, 1.807) is 11.0 Å². The number of alkyl halides is 3. The van der Waals surface area contributed by atoms with E-state index in [0.29, 0.717) is 31.2 Å². The summed E-state index contributed by atoms with van der Waals surface area (Å²) >= 11 is 6.01. The molecule has 0 unspecified atom stereocenters. The van der Waals surface area contributed by atoms with E-state index >= 15 is 0 Å². The van der Waals surface area contributed by atoms with E-state index in [9.17, 15) is 22.8 Å². The molecule has 0 bridgehead atoms. The highest BCUT2D eigenvalue weighted by molar-refractivity contribution is 6.30. The molecule has 0 N–H and O–H groups in total. The lowest BCUT2D eigenvalue weighted by molar-refractivity contribution is -0.148. The number of rotatable bonds is 5. The lowest BCUT2D eigenvalue weighted by Crippen LogP contribution is -2.49. The number of carbonyl (C=O) groups excluding carboxylic acids is 2. The van der Waals surface area contributed by atoms with Crippen LogP contribution in [0.3, 0.4) is 0 Å². The highest BCUT2D eigenvalue weighted by Gasteiger charge is 2.30. The van der Waals surface area contributed by atoms with Crippen LogP contribution >= 0.6 is 11.6 Å². The van der Waals surface area contributed by atoms with Gasteiger partial charge in [0.1, 0.15) is 0 Å². The van der Waals surface area contributed by atoms with E-state index in [-0.39, 0.29) is 11.5 Å². The molecule has 0 atom stereocenters. The van der Waals surface area contributed by atoms with Crippen LogP contribution < -0.4 is 4.90 Å². The molecule has 0 radical (unpaired) electrons. The maximum Gasteiger partial charge on any atom is 0.416 e. The van der Waals surface area contributed by atoms with E-state index in [2.05, 4.69) is 4.90 Å². The number of hydrogen-bond acceptors (Lipinski definition) is 4. The molecule has 2 aromatic carbocycles. The smallest absolute Gasteiger partial charge is 0.416 e. The average molecular weight is 453 g/mol. The van der Waals surface area contributed by atoms with Crippen molar-refractivity contribution in [2.45, 2.75) is 6.18 Å². The third-order valence-electron chi connectivity index (χ3n) is 4.77. The predicted octanol–water partition coefficient (Wildman–Crippen LogP) is 4.26. The number of esters is 1. The Balaban J connectivity index is 1.45. The Morgan fingerprint density at radius 3 is 2.42 bits per heavy atom. The van der Waals surface area contributed by atoms with Crippen LogP contribution in [0.15, 0.2) is 54.6 Å². The van der Waals surface area contributed by atoms with Gasteiger partial charge in [-0.25, -0.2) is 4.79 Å². The van der Waals surface area contributed by atoms with Gasteiger partial charge in [0, 0.05) is 43.0 Å². The standard InChI is InChI=1S/C22H20ClF3N2O3/c23-18-5-2-6-19(14-18)27-9-11-28(12-10-27)20(29)15-31-21(30)8-7-16-3-1-4-17(13-16)22(24,25)26/h1-8,13-14H,9-12,15H2/b8-7+. The van der Waals surface area contributed by atoms with Crippen molar-refractivity contribution in [1.82, 2.24) is 4.90 Å². The van der Waals surface area contributed by atoms with Gasteiger partial charge in [-0.05, 0) is 42.0 Å². The summed E-state index contributed by atoms with van der Waals surface area (Å²) in [5, 5.41) is 0.640. The van der Waals surface area contributed by atoms with Crippen LogP contribution in [-0.2, 0) is 20.5 Å². The molecule has 1 heterocycles. The maximum absolute atomic E-state index is 12.7. The molecule has 31 heavy (non-hydrogen) atoms. The third-order valence-corrected chi connectivity index (χ3v) is 5.00. The first-order chi connectivity index (χ1) is 14.7. The molecule has 1 fully saturated rings. The number of carbonyl (C=O) groups is 2. The van der Waals surface area contributed by atoms with E-state index in [1.165, 1.54) is 18.2 Å². The number of nitrogens with zero attached hydrogens (tertiary/aromatic N) is 2. The Hall–Kier alpha value is -3.00. The molecule has 0 saturated carbocycles. The number of anilines is 1. The molecule has 1 aliphatic heterocycles. The minimum atomic E-state index is -4.46. The van der Waals surface area contributed by atoms with E-state index in [0.717, 1.165) is 23.9 Å². The highest BCUT2D eigenvalue weighted by atomic mass is 35.5. The molecule has 2 aromatic rings. The number of amides is 1. The largest absolute Gasteiger partial charge is 0.452 e. The molecule has 5 nitrogen and oxygen atoms in total. The molecule has 164 valence electrons. The van der Waals surface area contributed by atoms with Crippen LogP contribution in [0.5, 0.6) is 0 Å². The molecular weight excluding hydrogens is 433 g/mol. The summed E-state index contributed by atoms with van der Waals surface area (Å²) in [4.78, 5) is 27.8. The first-order valence-electron chi connectivity index (χ1n) is 9.53. The highest BCUT2D eigenvalue weighted by Crippen LogP contribution is 2.29. The van der Waals surface area contributed by atoms with Crippen molar-refractivity contribution in [3.8, 4) is 0 Å². The second-order valence-corrected chi connectivity index (χ2v) is 7.35. The molecular formula is C22H20ClF3N2O3. The van der Waals surface area contributed by atoms with Crippen molar-refractivity contribution < 1.29 is 27.5 Å². The van der Waals surface area contributed by atoms with E-state index < -0.39 is 24.3 Å². The van der Waals surface area contributed by atoms with Crippen LogP contribution in [0.25, 0.3) is 6.08 Å². The summed E-state index contributed by atoms with van der Waals surface area (Å²) in [5.74, 6) is -1.13. The van der Waals surface area contributed by atoms with Gasteiger partial charge in [0.15, 0.2) is 6.61 Å². The molecule has 1 aliphatic rings. The Morgan fingerprint density at radius 2 is 1.74 bits per heavy atom. The second-order valence-electron chi connectivity index (χ2n) is 6.91. The summed E-state index contributed by atoms with van der Waals surface area (Å²) in [6, 6.07) is 12.0. The Bertz CT molecular complexity index is 970. The van der Waals surface area contributed by atoms with Crippen molar-refractivity contribution in [3.63, 3.8) is 0 Å². The van der Waals surface area contributed by atoms with Crippen molar-refractivity contribution in [3.05, 3.63) is 70.8 Å². The summed E-state index contributed by atoms with van der Waals surface area (Å²) in [5.41, 5.74) is 0.371. The van der Waals surface area contributed by atoms with Crippen molar-refractivity contribution in [2.75, 3.05) is 37.7 Å². The number of hydrogen-bond donors (Lipinski definition) is 0. The fourth-order valence-corrected chi connectivity index (χ4v) is 3.33. The monoisotopic (exact) mass is 452 g/mol. The fourth-order valence-electron chi connectivity index (χ4n) is 3.14. The Morgan fingerprint density at radius 1 is 1.03 bits per heavy atom. The number of halogens is 4. The maximum atomic E-state index is 12.7. The van der Waals surface area contributed by atoms with Crippen LogP contribution in [0.1, 0.15) is 11.1 Å². The van der Waals surface area contributed by atoms with Crippen molar-refractivity contribution in [1.29, 1.82) is 0 Å². The van der Waals surface area contributed by atoms with E-state index in [1.807, 2.05) is 18.2 Å². The van der Waals surface area contributed by atoms with Crippen LogP contribution in [0.4, 0.5) is 18.9 Å². The van der Waals surface area contributed by atoms with Gasteiger partial charge in [0.05, 0.1) is 5.56 Å². The normalized spacial score (nSPS) is 14.7. The topological polar surface area (TPSA) is 49.9 Å². The number of benzene rings is 2. The summed E-state index contributed by atoms with van der Waals surface area (Å²) in [6.07, 6.45) is -2.25. The molecule has 3 rings (SSSR count). The molecule has 1 amide bonds. The Kier molecular flexibility index (Phi) is 7.22. The van der Waals surface area contributed by atoms with Crippen LogP contribution in [0.2, 0.25) is 5.02 Å². The average Bonchev–Trinajstić information content (AvgIpc) is 2.76. The van der Waals surface area contributed by atoms with Gasteiger partial charge in [0.2, 0.25) is 0 Å². The molecule has 0 aliphatic carbocycles. The summed E-state index contributed by atoms with van der Waals surface area (Å²) < 4.78 is 43.1. The minimum absolute atomic E-state index is 0.204. The zero-order valence-electron chi connectivity index (χ0n) is 16.4.